The Labute approximate surface area is 140 Å². The molecule has 1 aromatic carbocycles. The fraction of sp³-hybridized carbons (Fsp3) is 0.471. The third-order valence-corrected chi connectivity index (χ3v) is 2.81. The van der Waals surface area contributed by atoms with Crippen molar-refractivity contribution in [1.82, 2.24) is 0 Å². The number of carbonyl (C=O) groups is 3. The molecule has 0 bridgehead atoms. The van der Waals surface area contributed by atoms with E-state index in [1.54, 1.807) is 13.0 Å². The third-order valence-electron chi connectivity index (χ3n) is 2.81. The Bertz CT molecular complexity index is 581. The summed E-state index contributed by atoms with van der Waals surface area (Å²) in [6, 6.07) is 3.14. The summed E-state index contributed by atoms with van der Waals surface area (Å²) in [5, 5.41) is 0. The van der Waals surface area contributed by atoms with Crippen LogP contribution in [-0.4, -0.2) is 38.0 Å². The van der Waals surface area contributed by atoms with Gasteiger partial charge in [0, 0.05) is 6.92 Å². The standard InChI is InChI=1S/C17H22O7/c1-4-6-22-15-8-13(10-23-12(3)19)7-14(9-18)17(15)24-11-16(20)21-5-2/h7-9H,4-6,10-11H2,1-3H3. The summed E-state index contributed by atoms with van der Waals surface area (Å²) in [7, 11) is 0. The zero-order chi connectivity index (χ0) is 17.9. The first-order valence-electron chi connectivity index (χ1n) is 7.68. The van der Waals surface area contributed by atoms with Crippen LogP contribution in [0.1, 0.15) is 43.1 Å². The molecular weight excluding hydrogens is 316 g/mol. The van der Waals surface area contributed by atoms with Gasteiger partial charge >= 0.3 is 11.9 Å². The van der Waals surface area contributed by atoms with E-state index in [0.29, 0.717) is 24.2 Å². The highest BCUT2D eigenvalue weighted by atomic mass is 16.6. The average molecular weight is 338 g/mol. The predicted molar refractivity (Wildman–Crippen MR) is 85.2 cm³/mol. The van der Waals surface area contributed by atoms with Crippen LogP contribution in [0.2, 0.25) is 0 Å². The molecule has 24 heavy (non-hydrogen) atoms. The molecule has 0 spiro atoms. The van der Waals surface area contributed by atoms with E-state index in [4.69, 9.17) is 18.9 Å². The lowest BCUT2D eigenvalue weighted by atomic mass is 10.1. The van der Waals surface area contributed by atoms with Crippen molar-refractivity contribution >= 4 is 18.2 Å². The zero-order valence-corrected chi connectivity index (χ0v) is 14.1. The highest BCUT2D eigenvalue weighted by molar-refractivity contribution is 5.82. The molecule has 0 aliphatic rings. The van der Waals surface area contributed by atoms with Crippen molar-refractivity contribution < 1.29 is 33.3 Å². The molecule has 0 aliphatic carbocycles. The molecule has 0 aromatic heterocycles. The summed E-state index contributed by atoms with van der Waals surface area (Å²) >= 11 is 0. The van der Waals surface area contributed by atoms with Gasteiger partial charge in [-0.2, -0.15) is 0 Å². The van der Waals surface area contributed by atoms with Crippen LogP contribution in [0.4, 0.5) is 0 Å². The number of carbonyl (C=O) groups excluding carboxylic acids is 3. The first-order valence-corrected chi connectivity index (χ1v) is 7.68. The molecule has 7 heteroatoms. The number of rotatable bonds is 10. The Balaban J connectivity index is 3.05. The van der Waals surface area contributed by atoms with Crippen molar-refractivity contribution in [3.8, 4) is 11.5 Å². The van der Waals surface area contributed by atoms with Crippen LogP contribution in [0.25, 0.3) is 0 Å². The topological polar surface area (TPSA) is 88.1 Å². The molecule has 0 fully saturated rings. The molecule has 1 rings (SSSR count). The molecule has 7 nitrogen and oxygen atoms in total. The molecule has 132 valence electrons. The predicted octanol–water partition coefficient (Wildman–Crippen LogP) is 2.29. The summed E-state index contributed by atoms with van der Waals surface area (Å²) < 4.78 is 20.7. The molecule has 0 saturated carbocycles. The van der Waals surface area contributed by atoms with Crippen molar-refractivity contribution in [2.24, 2.45) is 0 Å². The van der Waals surface area contributed by atoms with Gasteiger partial charge in [-0.1, -0.05) is 6.92 Å². The van der Waals surface area contributed by atoms with E-state index in [2.05, 4.69) is 0 Å². The van der Waals surface area contributed by atoms with E-state index in [1.807, 2.05) is 6.92 Å². The summed E-state index contributed by atoms with van der Waals surface area (Å²) in [4.78, 5) is 33.7. The quantitative estimate of drug-likeness (QED) is 0.478. The first-order chi connectivity index (χ1) is 11.5. The van der Waals surface area contributed by atoms with Gasteiger partial charge < -0.3 is 18.9 Å². The van der Waals surface area contributed by atoms with Gasteiger partial charge in [-0.05, 0) is 31.0 Å². The van der Waals surface area contributed by atoms with Gasteiger partial charge in [0.1, 0.15) is 6.61 Å². The van der Waals surface area contributed by atoms with Crippen LogP contribution in [0, 0.1) is 0 Å². The van der Waals surface area contributed by atoms with Crippen molar-refractivity contribution in [2.45, 2.75) is 33.8 Å². The smallest absolute Gasteiger partial charge is 0.344 e. The highest BCUT2D eigenvalue weighted by Gasteiger charge is 2.16. The van der Waals surface area contributed by atoms with Crippen LogP contribution in [0.5, 0.6) is 11.5 Å². The first kappa shape index (κ1) is 19.5. The van der Waals surface area contributed by atoms with Gasteiger partial charge in [-0.3, -0.25) is 9.59 Å². The van der Waals surface area contributed by atoms with Crippen molar-refractivity contribution in [1.29, 1.82) is 0 Å². The summed E-state index contributed by atoms with van der Waals surface area (Å²) in [6.45, 7) is 5.24. The second kappa shape index (κ2) is 10.3. The lowest BCUT2D eigenvalue weighted by Crippen LogP contribution is -2.16. The molecule has 0 aliphatic heterocycles. The van der Waals surface area contributed by atoms with Gasteiger partial charge in [0.2, 0.25) is 0 Å². The van der Waals surface area contributed by atoms with E-state index < -0.39 is 11.9 Å². The van der Waals surface area contributed by atoms with Gasteiger partial charge in [0.05, 0.1) is 18.8 Å². The van der Waals surface area contributed by atoms with E-state index >= 15 is 0 Å². The maximum absolute atomic E-state index is 11.5. The van der Waals surface area contributed by atoms with Crippen molar-refractivity contribution in [2.75, 3.05) is 19.8 Å². The summed E-state index contributed by atoms with van der Waals surface area (Å²) in [5.41, 5.74) is 0.789. The Hall–Kier alpha value is -2.57. The molecule has 1 aromatic rings. The fourth-order valence-electron chi connectivity index (χ4n) is 1.85. The minimum Gasteiger partial charge on any atom is -0.490 e. The fourth-order valence-corrected chi connectivity index (χ4v) is 1.85. The lowest BCUT2D eigenvalue weighted by Gasteiger charge is -2.15. The molecule has 0 heterocycles. The van der Waals surface area contributed by atoms with Crippen LogP contribution in [-0.2, 0) is 25.7 Å². The van der Waals surface area contributed by atoms with Crippen molar-refractivity contribution in [3.05, 3.63) is 23.3 Å². The summed E-state index contributed by atoms with van der Waals surface area (Å²) in [6.07, 6.45) is 1.35. The number of aldehydes is 1. The monoisotopic (exact) mass is 338 g/mol. The maximum atomic E-state index is 11.5. The number of esters is 2. The third kappa shape index (κ3) is 6.28. The molecular formula is C17H22O7. The number of ether oxygens (including phenoxy) is 4. The van der Waals surface area contributed by atoms with E-state index in [1.165, 1.54) is 13.0 Å². The number of hydrogen-bond acceptors (Lipinski definition) is 7. The Morgan fingerprint density at radius 1 is 1.12 bits per heavy atom. The maximum Gasteiger partial charge on any atom is 0.344 e. The second-order valence-electron chi connectivity index (χ2n) is 4.85. The molecule has 0 atom stereocenters. The Morgan fingerprint density at radius 2 is 1.88 bits per heavy atom. The average Bonchev–Trinajstić information content (AvgIpc) is 2.56. The van der Waals surface area contributed by atoms with E-state index in [0.717, 1.165) is 6.42 Å². The van der Waals surface area contributed by atoms with Gasteiger partial charge in [-0.25, -0.2) is 4.79 Å². The van der Waals surface area contributed by atoms with E-state index in [9.17, 15) is 14.4 Å². The Kier molecular flexibility index (Phi) is 8.32. The number of benzene rings is 1. The van der Waals surface area contributed by atoms with Crippen LogP contribution < -0.4 is 9.47 Å². The molecule has 0 amide bonds. The van der Waals surface area contributed by atoms with Crippen molar-refractivity contribution in [3.63, 3.8) is 0 Å². The molecule has 0 radical (unpaired) electrons. The van der Waals surface area contributed by atoms with Gasteiger partial charge in [-0.15, -0.1) is 0 Å². The molecule has 0 saturated heterocycles. The minimum atomic E-state index is -0.542. The largest absolute Gasteiger partial charge is 0.490 e. The van der Waals surface area contributed by atoms with Gasteiger partial charge in [0.15, 0.2) is 24.4 Å². The summed E-state index contributed by atoms with van der Waals surface area (Å²) in [5.74, 6) is -0.493. The second-order valence-corrected chi connectivity index (χ2v) is 4.85. The molecule has 0 unspecified atom stereocenters. The van der Waals surface area contributed by atoms with Crippen LogP contribution in [0.3, 0.4) is 0 Å². The van der Waals surface area contributed by atoms with Crippen LogP contribution in [0.15, 0.2) is 12.1 Å². The van der Waals surface area contributed by atoms with E-state index in [-0.39, 0.29) is 31.1 Å². The van der Waals surface area contributed by atoms with Crippen LogP contribution >= 0.6 is 0 Å². The normalized spacial score (nSPS) is 9.96. The minimum absolute atomic E-state index is 0.0107. The van der Waals surface area contributed by atoms with Gasteiger partial charge in [0.25, 0.3) is 0 Å². The Morgan fingerprint density at radius 3 is 2.46 bits per heavy atom. The zero-order valence-electron chi connectivity index (χ0n) is 14.1. The lowest BCUT2D eigenvalue weighted by molar-refractivity contribution is -0.145. The SMILES string of the molecule is CCCOc1cc(COC(C)=O)cc(C=O)c1OCC(=O)OCC. The highest BCUT2D eigenvalue weighted by Crippen LogP contribution is 2.33. The molecule has 0 N–H and O–H groups in total. The number of hydrogen-bond donors (Lipinski definition) is 0.